The molecular formula is C14H7F6NOS. The average molecular weight is 351 g/mol. The molecular weight excluding hydrogens is 344 g/mol. The van der Waals surface area contributed by atoms with Gasteiger partial charge in [-0.1, -0.05) is 11.8 Å². The number of ether oxygens (including phenoxy) is 1. The van der Waals surface area contributed by atoms with Crippen LogP contribution in [0, 0.1) is 34.9 Å². The summed E-state index contributed by atoms with van der Waals surface area (Å²) in [5.41, 5.74) is -1.34. The summed E-state index contributed by atoms with van der Waals surface area (Å²) in [5, 5.41) is 0. The molecule has 0 aliphatic rings. The highest BCUT2D eigenvalue weighted by atomic mass is 32.2. The second-order valence-corrected chi connectivity index (χ2v) is 5.03. The zero-order valence-corrected chi connectivity index (χ0v) is 11.9. The zero-order valence-electron chi connectivity index (χ0n) is 11.1. The summed E-state index contributed by atoms with van der Waals surface area (Å²) < 4.78 is 82.7. The number of hydrogen-bond donors (Lipinski definition) is 0. The molecule has 0 amide bonds. The minimum absolute atomic E-state index is 0.0650. The van der Waals surface area contributed by atoms with E-state index in [0.717, 1.165) is 11.8 Å². The molecule has 0 saturated carbocycles. The van der Waals surface area contributed by atoms with E-state index in [-0.39, 0.29) is 5.94 Å². The van der Waals surface area contributed by atoms with Gasteiger partial charge in [0.2, 0.25) is 5.82 Å². The summed E-state index contributed by atoms with van der Waals surface area (Å²) in [6.07, 6.45) is 0.564. The van der Waals surface area contributed by atoms with E-state index in [4.69, 9.17) is 4.74 Å². The van der Waals surface area contributed by atoms with E-state index in [0.29, 0.717) is 11.3 Å². The number of thioether (sulfide) groups is 1. The van der Waals surface area contributed by atoms with E-state index in [1.54, 1.807) is 0 Å². The van der Waals surface area contributed by atoms with E-state index >= 15 is 0 Å². The smallest absolute Gasteiger partial charge is 0.200 e. The number of rotatable bonds is 5. The number of benzene rings is 2. The molecule has 0 aromatic heterocycles. The molecule has 23 heavy (non-hydrogen) atoms. The number of aliphatic imine (C=N–C) groups is 1. The largest absolute Gasteiger partial charge is 0.472 e. The van der Waals surface area contributed by atoms with Crippen LogP contribution in [0.25, 0.3) is 0 Å². The summed E-state index contributed by atoms with van der Waals surface area (Å²) in [7, 11) is 0. The molecule has 0 spiro atoms. The van der Waals surface area contributed by atoms with Crippen molar-refractivity contribution in [2.24, 2.45) is 4.99 Å². The average Bonchev–Trinajstić information content (AvgIpc) is 2.55. The molecule has 0 atom stereocenters. The molecule has 0 aliphatic carbocycles. The van der Waals surface area contributed by atoms with Gasteiger partial charge in [0, 0.05) is 4.90 Å². The van der Waals surface area contributed by atoms with Crippen LogP contribution in [0.15, 0.2) is 34.2 Å². The summed E-state index contributed by atoms with van der Waals surface area (Å²) in [4.78, 5) is 3.75. The van der Waals surface area contributed by atoms with E-state index in [2.05, 4.69) is 4.99 Å². The predicted molar refractivity (Wildman–Crippen MR) is 72.6 cm³/mol. The van der Waals surface area contributed by atoms with Gasteiger partial charge in [-0.2, -0.15) is 0 Å². The molecule has 0 unspecified atom stereocenters. The molecule has 0 fully saturated rings. The van der Waals surface area contributed by atoms with Gasteiger partial charge in [-0.25, -0.2) is 31.3 Å². The number of halogens is 6. The highest BCUT2D eigenvalue weighted by Gasteiger charge is 2.25. The number of hydrogen-bond acceptors (Lipinski definition) is 3. The minimum Gasteiger partial charge on any atom is -0.472 e. The summed E-state index contributed by atoms with van der Waals surface area (Å²) in [5.74, 6) is -11.0. The van der Waals surface area contributed by atoms with Gasteiger partial charge in [0.15, 0.2) is 29.7 Å². The van der Waals surface area contributed by atoms with Crippen LogP contribution in [0.1, 0.15) is 0 Å². The lowest BCUT2D eigenvalue weighted by molar-refractivity contribution is 0.378. The van der Waals surface area contributed by atoms with Crippen molar-refractivity contribution < 1.29 is 31.1 Å². The Bertz CT molecular complexity index is 706. The standard InChI is InChI=1S/C14H7F6NOS/c15-7-1-3-8(4-2-7)23-6-22-5-21-14-12(19)10(17)9(16)11(18)13(14)20/h1-5H,6H2. The molecule has 122 valence electrons. The summed E-state index contributed by atoms with van der Waals surface area (Å²) in [6.45, 7) is 0. The normalized spacial score (nSPS) is 11.2. The predicted octanol–water partition coefficient (Wildman–Crippen LogP) is 4.95. The van der Waals surface area contributed by atoms with Crippen LogP contribution in [-0.4, -0.2) is 12.3 Å². The van der Waals surface area contributed by atoms with Crippen LogP contribution in [-0.2, 0) is 4.74 Å². The van der Waals surface area contributed by atoms with E-state index in [9.17, 15) is 26.3 Å². The van der Waals surface area contributed by atoms with Crippen molar-refractivity contribution in [3.8, 4) is 0 Å². The second-order valence-electron chi connectivity index (χ2n) is 4.04. The van der Waals surface area contributed by atoms with Crippen molar-refractivity contribution in [1.29, 1.82) is 0 Å². The monoisotopic (exact) mass is 351 g/mol. The van der Waals surface area contributed by atoms with E-state index < -0.39 is 40.6 Å². The van der Waals surface area contributed by atoms with Gasteiger partial charge < -0.3 is 4.74 Å². The second kappa shape index (κ2) is 7.40. The van der Waals surface area contributed by atoms with Crippen LogP contribution in [0.5, 0.6) is 0 Å². The zero-order chi connectivity index (χ0) is 17.0. The molecule has 2 nitrogen and oxygen atoms in total. The fourth-order valence-corrected chi connectivity index (χ4v) is 2.05. The molecule has 0 radical (unpaired) electrons. The Hall–Kier alpha value is -2.16. The van der Waals surface area contributed by atoms with Gasteiger partial charge >= 0.3 is 0 Å². The molecule has 0 bridgehead atoms. The van der Waals surface area contributed by atoms with Crippen LogP contribution < -0.4 is 0 Å². The maximum absolute atomic E-state index is 13.3. The number of nitrogens with zero attached hydrogens (tertiary/aromatic N) is 1. The highest BCUT2D eigenvalue weighted by molar-refractivity contribution is 7.99. The lowest BCUT2D eigenvalue weighted by atomic mass is 10.2. The van der Waals surface area contributed by atoms with Crippen LogP contribution in [0.4, 0.5) is 32.0 Å². The van der Waals surface area contributed by atoms with Crippen LogP contribution >= 0.6 is 11.8 Å². The third-order valence-electron chi connectivity index (χ3n) is 2.55. The fraction of sp³-hybridized carbons (Fsp3) is 0.0714. The third-order valence-corrected chi connectivity index (χ3v) is 3.41. The first-order valence-corrected chi connectivity index (χ1v) is 6.94. The van der Waals surface area contributed by atoms with Crippen molar-refractivity contribution in [2.45, 2.75) is 4.90 Å². The van der Waals surface area contributed by atoms with Crippen molar-refractivity contribution in [1.82, 2.24) is 0 Å². The maximum Gasteiger partial charge on any atom is 0.200 e. The Morgan fingerprint density at radius 1 is 0.826 bits per heavy atom. The van der Waals surface area contributed by atoms with E-state index in [1.165, 1.54) is 24.3 Å². The minimum atomic E-state index is -2.26. The lowest BCUT2D eigenvalue weighted by Gasteiger charge is -2.04. The molecule has 0 N–H and O–H groups in total. The van der Waals surface area contributed by atoms with Crippen molar-refractivity contribution in [3.63, 3.8) is 0 Å². The Morgan fingerprint density at radius 2 is 1.35 bits per heavy atom. The Morgan fingerprint density at radius 3 is 1.91 bits per heavy atom. The van der Waals surface area contributed by atoms with Gasteiger partial charge in [-0.05, 0) is 24.3 Å². The van der Waals surface area contributed by atoms with Gasteiger partial charge in [0.05, 0.1) is 0 Å². The van der Waals surface area contributed by atoms with E-state index in [1.807, 2.05) is 0 Å². The summed E-state index contributed by atoms with van der Waals surface area (Å²) in [6, 6.07) is 5.41. The lowest BCUT2D eigenvalue weighted by Crippen LogP contribution is -2.01. The SMILES string of the molecule is Fc1ccc(SCOC=Nc2c(F)c(F)c(F)c(F)c2F)cc1. The van der Waals surface area contributed by atoms with Gasteiger partial charge in [0.25, 0.3) is 0 Å². The topological polar surface area (TPSA) is 21.6 Å². The first-order chi connectivity index (χ1) is 10.9. The van der Waals surface area contributed by atoms with Gasteiger partial charge in [0.1, 0.15) is 17.4 Å². The maximum atomic E-state index is 13.3. The Labute approximate surface area is 130 Å². The molecule has 0 saturated heterocycles. The Kier molecular flexibility index (Phi) is 5.54. The van der Waals surface area contributed by atoms with Crippen molar-refractivity contribution in [2.75, 3.05) is 5.94 Å². The highest BCUT2D eigenvalue weighted by Crippen LogP contribution is 2.29. The first kappa shape index (κ1) is 17.2. The molecule has 2 rings (SSSR count). The quantitative estimate of drug-likeness (QED) is 0.111. The molecule has 0 heterocycles. The van der Waals surface area contributed by atoms with Gasteiger partial charge in [-0.15, -0.1) is 0 Å². The van der Waals surface area contributed by atoms with Gasteiger partial charge in [-0.3, -0.25) is 0 Å². The van der Waals surface area contributed by atoms with Crippen LogP contribution in [0.2, 0.25) is 0 Å². The molecule has 9 heteroatoms. The summed E-state index contributed by atoms with van der Waals surface area (Å²) >= 11 is 1.11. The van der Waals surface area contributed by atoms with Crippen molar-refractivity contribution >= 4 is 23.8 Å². The third kappa shape index (κ3) is 3.98. The Balaban J connectivity index is 2.00. The fourth-order valence-electron chi connectivity index (χ4n) is 1.46. The van der Waals surface area contributed by atoms with Crippen LogP contribution in [0.3, 0.4) is 0 Å². The van der Waals surface area contributed by atoms with Crippen molar-refractivity contribution in [3.05, 3.63) is 59.2 Å². The molecule has 2 aromatic rings. The molecule has 0 aliphatic heterocycles. The molecule has 2 aromatic carbocycles. The first-order valence-electron chi connectivity index (χ1n) is 5.95.